The largest absolute Gasteiger partial charge is 0.496 e. The molecule has 0 radical (unpaired) electrons. The van der Waals surface area contributed by atoms with E-state index in [0.717, 1.165) is 6.42 Å². The molecule has 0 saturated carbocycles. The molecule has 20 heavy (non-hydrogen) atoms. The van der Waals surface area contributed by atoms with Crippen LogP contribution in [0.4, 0.5) is 0 Å². The lowest BCUT2D eigenvalue weighted by Crippen LogP contribution is -2.48. The Bertz CT molecular complexity index is 505. The summed E-state index contributed by atoms with van der Waals surface area (Å²) < 4.78 is 5.08. The van der Waals surface area contributed by atoms with Crippen molar-refractivity contribution in [1.29, 1.82) is 0 Å². The summed E-state index contributed by atoms with van der Waals surface area (Å²) in [7, 11) is 1.48. The van der Waals surface area contributed by atoms with Crippen LogP contribution in [0.1, 0.15) is 30.1 Å². The summed E-state index contributed by atoms with van der Waals surface area (Å²) in [5.41, 5.74) is 5.22. The second-order valence-electron chi connectivity index (χ2n) is 3.91. The minimum atomic E-state index is -0.412. The summed E-state index contributed by atoms with van der Waals surface area (Å²) in [6.07, 6.45) is 1.11. The van der Waals surface area contributed by atoms with E-state index in [1.54, 1.807) is 24.3 Å². The molecule has 0 saturated heterocycles. The summed E-state index contributed by atoms with van der Waals surface area (Å²) in [4.78, 5) is 23.2. The molecular formula is C13H17N3O3S. The van der Waals surface area contributed by atoms with Crippen LogP contribution in [0, 0.1) is 0 Å². The molecule has 0 atom stereocenters. The Morgan fingerprint density at radius 1 is 1.25 bits per heavy atom. The number of methoxy groups -OCH3 is 1. The third-order valence-electron chi connectivity index (χ3n) is 2.37. The third kappa shape index (κ3) is 4.85. The maximum atomic E-state index is 12.0. The smallest absolute Gasteiger partial charge is 0.261 e. The fourth-order valence-electron chi connectivity index (χ4n) is 1.45. The summed E-state index contributed by atoms with van der Waals surface area (Å²) in [5, 5.41) is 2.47. The third-order valence-corrected chi connectivity index (χ3v) is 2.58. The van der Waals surface area contributed by atoms with Crippen LogP contribution in [-0.4, -0.2) is 24.0 Å². The molecule has 3 N–H and O–H groups in total. The Labute approximate surface area is 122 Å². The highest BCUT2D eigenvalue weighted by molar-refractivity contribution is 7.80. The van der Waals surface area contributed by atoms with Crippen LogP contribution in [0.5, 0.6) is 5.75 Å². The van der Waals surface area contributed by atoms with Crippen LogP contribution >= 0.6 is 12.2 Å². The van der Waals surface area contributed by atoms with E-state index in [2.05, 4.69) is 16.2 Å². The second-order valence-corrected chi connectivity index (χ2v) is 4.31. The average molecular weight is 295 g/mol. The molecule has 1 aromatic carbocycles. The molecule has 0 aliphatic heterocycles. The maximum Gasteiger partial charge on any atom is 0.261 e. The van der Waals surface area contributed by atoms with Crippen molar-refractivity contribution in [2.24, 2.45) is 0 Å². The van der Waals surface area contributed by atoms with Crippen molar-refractivity contribution in [1.82, 2.24) is 16.2 Å². The fourth-order valence-corrected chi connectivity index (χ4v) is 1.59. The summed E-state index contributed by atoms with van der Waals surface area (Å²) >= 11 is 4.91. The van der Waals surface area contributed by atoms with Gasteiger partial charge in [0.2, 0.25) is 5.91 Å². The quantitative estimate of drug-likeness (QED) is 0.573. The predicted octanol–water partition coefficient (Wildman–Crippen LogP) is 1.13. The minimum Gasteiger partial charge on any atom is -0.496 e. The van der Waals surface area contributed by atoms with Crippen molar-refractivity contribution in [3.63, 3.8) is 0 Å². The lowest BCUT2D eigenvalue weighted by molar-refractivity contribution is -0.121. The van der Waals surface area contributed by atoms with Gasteiger partial charge in [0.1, 0.15) is 5.75 Å². The van der Waals surface area contributed by atoms with Crippen LogP contribution in [0.3, 0.4) is 0 Å². The normalized spacial score (nSPS) is 9.50. The van der Waals surface area contributed by atoms with Gasteiger partial charge in [0, 0.05) is 6.42 Å². The van der Waals surface area contributed by atoms with E-state index < -0.39 is 5.91 Å². The Kier molecular flexibility index (Phi) is 6.45. The molecule has 0 fully saturated rings. The number of carbonyl (C=O) groups excluding carboxylic acids is 2. The van der Waals surface area contributed by atoms with Crippen LogP contribution in [0.15, 0.2) is 24.3 Å². The number of benzene rings is 1. The van der Waals surface area contributed by atoms with Crippen molar-refractivity contribution in [2.75, 3.05) is 7.11 Å². The van der Waals surface area contributed by atoms with Crippen molar-refractivity contribution in [3.05, 3.63) is 29.8 Å². The predicted molar refractivity (Wildman–Crippen MR) is 79.2 cm³/mol. The van der Waals surface area contributed by atoms with E-state index in [0.29, 0.717) is 17.7 Å². The van der Waals surface area contributed by atoms with Gasteiger partial charge in [-0.05, 0) is 30.8 Å². The van der Waals surface area contributed by atoms with Gasteiger partial charge in [-0.3, -0.25) is 25.8 Å². The number of carbonyl (C=O) groups is 2. The zero-order chi connectivity index (χ0) is 15.0. The number of hydrogen-bond donors (Lipinski definition) is 3. The van der Waals surface area contributed by atoms with Gasteiger partial charge >= 0.3 is 0 Å². The molecule has 1 rings (SSSR count). The molecular weight excluding hydrogens is 278 g/mol. The standard InChI is InChI=1S/C13H17N3O3S/c1-3-6-11(17)15-16-13(20)14-12(18)9-7-4-5-8-10(9)19-2/h4-5,7-8H,3,6H2,1-2H3,(H,15,17)(H2,14,16,18,20). The number of thiocarbonyl (C=S) groups is 1. The SMILES string of the molecule is CCCC(=O)NNC(=S)NC(=O)c1ccccc1OC. The Balaban J connectivity index is 2.53. The van der Waals surface area contributed by atoms with Gasteiger partial charge in [-0.25, -0.2) is 0 Å². The van der Waals surface area contributed by atoms with Crippen LogP contribution < -0.4 is 20.9 Å². The fraction of sp³-hybridized carbons (Fsp3) is 0.308. The number of rotatable bonds is 4. The van der Waals surface area contributed by atoms with Crippen molar-refractivity contribution >= 4 is 29.1 Å². The highest BCUT2D eigenvalue weighted by Crippen LogP contribution is 2.16. The van der Waals surface area contributed by atoms with Gasteiger partial charge < -0.3 is 4.74 Å². The summed E-state index contributed by atoms with van der Waals surface area (Å²) in [5.74, 6) is -0.158. The first kappa shape index (κ1) is 15.9. The van der Waals surface area contributed by atoms with E-state index in [9.17, 15) is 9.59 Å². The van der Waals surface area contributed by atoms with Gasteiger partial charge in [-0.2, -0.15) is 0 Å². The molecule has 0 bridgehead atoms. The molecule has 0 unspecified atom stereocenters. The number of nitrogens with one attached hydrogen (secondary N) is 3. The summed E-state index contributed by atoms with van der Waals surface area (Å²) in [6, 6.07) is 6.77. The summed E-state index contributed by atoms with van der Waals surface area (Å²) in [6.45, 7) is 1.89. The van der Waals surface area contributed by atoms with Gasteiger partial charge in [-0.1, -0.05) is 19.1 Å². The lowest BCUT2D eigenvalue weighted by atomic mass is 10.2. The molecule has 7 heteroatoms. The zero-order valence-corrected chi connectivity index (χ0v) is 12.2. The molecule has 0 heterocycles. The van der Waals surface area contributed by atoms with Gasteiger partial charge in [0.15, 0.2) is 5.11 Å². The van der Waals surface area contributed by atoms with Crippen molar-refractivity contribution in [3.8, 4) is 5.75 Å². The van der Waals surface area contributed by atoms with Crippen molar-refractivity contribution in [2.45, 2.75) is 19.8 Å². The molecule has 6 nitrogen and oxygen atoms in total. The molecule has 0 aliphatic carbocycles. The highest BCUT2D eigenvalue weighted by atomic mass is 32.1. The molecule has 108 valence electrons. The minimum absolute atomic E-state index is 0.0189. The number of amides is 2. The Morgan fingerprint density at radius 2 is 1.95 bits per heavy atom. The van der Waals surface area contributed by atoms with Gasteiger partial charge in [-0.15, -0.1) is 0 Å². The van der Waals surface area contributed by atoms with Gasteiger partial charge in [0.05, 0.1) is 12.7 Å². The molecule has 1 aromatic rings. The molecule has 0 spiro atoms. The van der Waals surface area contributed by atoms with E-state index in [-0.39, 0.29) is 11.0 Å². The average Bonchev–Trinajstić information content (AvgIpc) is 2.45. The first-order valence-electron chi connectivity index (χ1n) is 6.11. The van der Waals surface area contributed by atoms with Crippen molar-refractivity contribution < 1.29 is 14.3 Å². The van der Waals surface area contributed by atoms with Crippen LogP contribution in [0.2, 0.25) is 0 Å². The van der Waals surface area contributed by atoms with E-state index >= 15 is 0 Å². The molecule has 0 aromatic heterocycles. The lowest BCUT2D eigenvalue weighted by Gasteiger charge is -2.12. The van der Waals surface area contributed by atoms with Gasteiger partial charge in [0.25, 0.3) is 5.91 Å². The van der Waals surface area contributed by atoms with E-state index in [1.807, 2.05) is 6.92 Å². The maximum absolute atomic E-state index is 12.0. The topological polar surface area (TPSA) is 79.5 Å². The molecule has 2 amide bonds. The second kappa shape index (κ2) is 8.11. The van der Waals surface area contributed by atoms with Crippen LogP contribution in [-0.2, 0) is 4.79 Å². The van der Waals surface area contributed by atoms with Crippen LogP contribution in [0.25, 0.3) is 0 Å². The number of para-hydroxylation sites is 1. The molecule has 0 aliphatic rings. The Hall–Kier alpha value is -2.15. The zero-order valence-electron chi connectivity index (χ0n) is 11.4. The number of ether oxygens (including phenoxy) is 1. The van der Waals surface area contributed by atoms with E-state index in [4.69, 9.17) is 17.0 Å². The first-order chi connectivity index (χ1) is 9.58. The monoisotopic (exact) mass is 295 g/mol. The van der Waals surface area contributed by atoms with E-state index in [1.165, 1.54) is 7.11 Å². The number of hydrogen-bond acceptors (Lipinski definition) is 4. The first-order valence-corrected chi connectivity index (χ1v) is 6.52. The highest BCUT2D eigenvalue weighted by Gasteiger charge is 2.12. The Morgan fingerprint density at radius 3 is 2.60 bits per heavy atom. The number of hydrazine groups is 1.